The van der Waals surface area contributed by atoms with Crippen LogP contribution in [0.4, 0.5) is 0 Å². The minimum Gasteiger partial charge on any atom is -0.466 e. The number of unbranched alkanes of at least 4 members (excludes halogenated alkanes) is 2. The fourth-order valence-electron chi connectivity index (χ4n) is 0.568. The second-order valence-corrected chi connectivity index (χ2v) is 2.05. The summed E-state index contributed by atoms with van der Waals surface area (Å²) in [5, 5.41) is 7.00. The highest BCUT2D eigenvalue weighted by Crippen LogP contribution is 1.93. The first-order valence-electron chi connectivity index (χ1n) is 3.85. The zero-order chi connectivity index (χ0) is 9.11. The van der Waals surface area contributed by atoms with Gasteiger partial charge in [-0.25, -0.2) is 0 Å². The molecule has 3 heteroatoms. The van der Waals surface area contributed by atoms with Crippen LogP contribution < -0.4 is 0 Å². The van der Waals surface area contributed by atoms with Crippen molar-refractivity contribution >= 4 is 5.97 Å². The topological polar surface area (TPSA) is 46.5 Å². The van der Waals surface area contributed by atoms with Gasteiger partial charge in [-0.05, 0) is 6.42 Å². The largest absolute Gasteiger partial charge is 0.466 e. The Bertz CT molecular complexity index is 81.4. The van der Waals surface area contributed by atoms with Crippen molar-refractivity contribution in [1.82, 2.24) is 0 Å². The Balaban J connectivity index is 0. The van der Waals surface area contributed by atoms with E-state index < -0.39 is 0 Å². The maximum absolute atomic E-state index is 10.2. The Morgan fingerprint density at radius 2 is 1.91 bits per heavy atom. The van der Waals surface area contributed by atoms with Gasteiger partial charge in [0, 0.05) is 14.0 Å². The van der Waals surface area contributed by atoms with Crippen LogP contribution >= 0.6 is 0 Å². The quantitative estimate of drug-likeness (QED) is 0.501. The first-order chi connectivity index (χ1) is 5.27. The van der Waals surface area contributed by atoms with Crippen LogP contribution in [-0.4, -0.2) is 24.8 Å². The lowest BCUT2D eigenvalue weighted by Crippen LogP contribution is -1.99. The van der Waals surface area contributed by atoms with E-state index in [9.17, 15) is 4.79 Å². The molecule has 0 rings (SSSR count). The number of hydrogen-bond donors (Lipinski definition) is 1. The van der Waals surface area contributed by atoms with E-state index in [1.807, 2.05) is 0 Å². The monoisotopic (exact) mass is 162 g/mol. The lowest BCUT2D eigenvalue weighted by molar-refractivity contribution is -0.141. The smallest absolute Gasteiger partial charge is 0.302 e. The third kappa shape index (κ3) is 17.7. The number of carbonyl (C=O) groups is 1. The maximum Gasteiger partial charge on any atom is 0.302 e. The Morgan fingerprint density at radius 1 is 1.36 bits per heavy atom. The van der Waals surface area contributed by atoms with Crippen molar-refractivity contribution in [3.8, 4) is 0 Å². The van der Waals surface area contributed by atoms with E-state index in [4.69, 9.17) is 9.84 Å². The molecule has 0 aliphatic rings. The standard InChI is InChI=1S/C7H14O2.CH4O/c1-3-4-5-6-9-7(2)8;1-2/h3-6H2,1-2H3;2H,1H3. The van der Waals surface area contributed by atoms with E-state index in [0.29, 0.717) is 6.61 Å². The molecule has 0 atom stereocenters. The van der Waals surface area contributed by atoms with Crippen molar-refractivity contribution in [3.05, 3.63) is 0 Å². The van der Waals surface area contributed by atoms with Crippen molar-refractivity contribution in [2.24, 2.45) is 0 Å². The zero-order valence-corrected chi connectivity index (χ0v) is 7.59. The number of esters is 1. The van der Waals surface area contributed by atoms with E-state index in [1.165, 1.54) is 13.3 Å². The predicted molar refractivity (Wildman–Crippen MR) is 44.3 cm³/mol. The average Bonchev–Trinajstić information content (AvgIpc) is 2.02. The molecule has 0 heterocycles. The van der Waals surface area contributed by atoms with E-state index >= 15 is 0 Å². The number of hydrogen-bond acceptors (Lipinski definition) is 3. The van der Waals surface area contributed by atoms with Crippen molar-refractivity contribution in [1.29, 1.82) is 0 Å². The number of rotatable bonds is 4. The van der Waals surface area contributed by atoms with Crippen molar-refractivity contribution in [3.63, 3.8) is 0 Å². The zero-order valence-electron chi connectivity index (χ0n) is 7.59. The Kier molecular flexibility index (Phi) is 14.4. The van der Waals surface area contributed by atoms with Crippen LogP contribution in [0.2, 0.25) is 0 Å². The Hall–Kier alpha value is -0.570. The molecule has 0 amide bonds. The molecule has 0 fully saturated rings. The summed E-state index contributed by atoms with van der Waals surface area (Å²) < 4.78 is 4.70. The normalized spacial score (nSPS) is 8.00. The Morgan fingerprint density at radius 3 is 2.27 bits per heavy atom. The maximum atomic E-state index is 10.2. The van der Waals surface area contributed by atoms with Gasteiger partial charge >= 0.3 is 5.97 Å². The molecule has 0 saturated carbocycles. The summed E-state index contributed by atoms with van der Waals surface area (Å²) in [6, 6.07) is 0. The van der Waals surface area contributed by atoms with Gasteiger partial charge in [0.1, 0.15) is 0 Å². The van der Waals surface area contributed by atoms with Gasteiger partial charge in [-0.2, -0.15) is 0 Å². The van der Waals surface area contributed by atoms with Crippen LogP contribution in [0.5, 0.6) is 0 Å². The fraction of sp³-hybridized carbons (Fsp3) is 0.875. The van der Waals surface area contributed by atoms with Crippen LogP contribution in [0.15, 0.2) is 0 Å². The minimum absolute atomic E-state index is 0.175. The molecule has 0 aromatic carbocycles. The van der Waals surface area contributed by atoms with Gasteiger partial charge < -0.3 is 9.84 Å². The molecule has 0 radical (unpaired) electrons. The van der Waals surface area contributed by atoms with Crippen LogP contribution in [0.25, 0.3) is 0 Å². The van der Waals surface area contributed by atoms with Gasteiger partial charge in [0.15, 0.2) is 0 Å². The van der Waals surface area contributed by atoms with Gasteiger partial charge in [-0.3, -0.25) is 4.79 Å². The van der Waals surface area contributed by atoms with Crippen LogP contribution in [0.3, 0.4) is 0 Å². The molecule has 0 aromatic heterocycles. The molecule has 3 nitrogen and oxygen atoms in total. The minimum atomic E-state index is -0.175. The average molecular weight is 162 g/mol. The van der Waals surface area contributed by atoms with Gasteiger partial charge in [0.05, 0.1) is 6.61 Å². The molecule has 0 saturated heterocycles. The van der Waals surface area contributed by atoms with E-state index in [-0.39, 0.29) is 5.97 Å². The second-order valence-electron chi connectivity index (χ2n) is 2.05. The highest BCUT2D eigenvalue weighted by Gasteiger charge is 1.89. The molecular formula is C8H18O3. The van der Waals surface area contributed by atoms with Crippen LogP contribution in [0, 0.1) is 0 Å². The lowest BCUT2D eigenvalue weighted by Gasteiger charge is -1.98. The number of aliphatic hydroxyl groups is 1. The lowest BCUT2D eigenvalue weighted by atomic mass is 10.3. The van der Waals surface area contributed by atoms with Gasteiger partial charge in [0.2, 0.25) is 0 Å². The summed E-state index contributed by atoms with van der Waals surface area (Å²) in [4.78, 5) is 10.2. The number of carbonyl (C=O) groups excluding carboxylic acids is 1. The fourth-order valence-corrected chi connectivity index (χ4v) is 0.568. The molecule has 0 bridgehead atoms. The summed E-state index contributed by atoms with van der Waals surface area (Å²) in [5.41, 5.74) is 0. The van der Waals surface area contributed by atoms with E-state index in [1.54, 1.807) is 0 Å². The molecule has 0 spiro atoms. The first kappa shape index (κ1) is 13.1. The molecule has 0 aliphatic heterocycles. The highest BCUT2D eigenvalue weighted by molar-refractivity contribution is 5.65. The highest BCUT2D eigenvalue weighted by atomic mass is 16.5. The molecular weight excluding hydrogens is 144 g/mol. The molecule has 11 heavy (non-hydrogen) atoms. The van der Waals surface area contributed by atoms with Gasteiger partial charge in [-0.1, -0.05) is 19.8 Å². The molecule has 68 valence electrons. The van der Waals surface area contributed by atoms with Crippen molar-refractivity contribution in [2.45, 2.75) is 33.1 Å². The first-order valence-corrected chi connectivity index (χ1v) is 3.85. The Labute approximate surface area is 68.4 Å². The van der Waals surface area contributed by atoms with Gasteiger partial charge in [0.25, 0.3) is 0 Å². The third-order valence-electron chi connectivity index (χ3n) is 1.05. The van der Waals surface area contributed by atoms with E-state index in [0.717, 1.165) is 20.0 Å². The van der Waals surface area contributed by atoms with Crippen molar-refractivity contribution in [2.75, 3.05) is 13.7 Å². The summed E-state index contributed by atoms with van der Waals surface area (Å²) in [7, 11) is 1.00. The molecule has 0 aliphatic carbocycles. The summed E-state index contributed by atoms with van der Waals surface area (Å²) in [6.07, 6.45) is 3.31. The summed E-state index contributed by atoms with van der Waals surface area (Å²) in [5.74, 6) is -0.175. The second kappa shape index (κ2) is 12.1. The predicted octanol–water partition coefficient (Wildman–Crippen LogP) is 1.35. The molecule has 1 N–H and O–H groups in total. The summed E-state index contributed by atoms with van der Waals surface area (Å²) in [6.45, 7) is 4.14. The molecule has 0 unspecified atom stereocenters. The van der Waals surface area contributed by atoms with Crippen molar-refractivity contribution < 1.29 is 14.6 Å². The van der Waals surface area contributed by atoms with Crippen LogP contribution in [0.1, 0.15) is 33.1 Å². The number of aliphatic hydroxyl groups excluding tert-OH is 1. The summed E-state index contributed by atoms with van der Waals surface area (Å²) >= 11 is 0. The number of ether oxygens (including phenoxy) is 1. The third-order valence-corrected chi connectivity index (χ3v) is 1.05. The van der Waals surface area contributed by atoms with Crippen LogP contribution in [-0.2, 0) is 9.53 Å². The van der Waals surface area contributed by atoms with E-state index in [2.05, 4.69) is 6.92 Å². The SMILES string of the molecule is CCCCCOC(C)=O.CO. The van der Waals surface area contributed by atoms with Gasteiger partial charge in [-0.15, -0.1) is 0 Å². The molecule has 0 aromatic rings.